The summed E-state index contributed by atoms with van der Waals surface area (Å²) in [6.07, 6.45) is 1.08. The van der Waals surface area contributed by atoms with Gasteiger partial charge in [0.15, 0.2) is 0 Å². The summed E-state index contributed by atoms with van der Waals surface area (Å²) >= 11 is 1.10. The molecule has 4 nitrogen and oxygen atoms in total. The molecule has 1 amide bonds. The van der Waals surface area contributed by atoms with E-state index in [0.29, 0.717) is 12.8 Å². The van der Waals surface area contributed by atoms with E-state index in [-0.39, 0.29) is 23.3 Å². The van der Waals surface area contributed by atoms with Gasteiger partial charge in [-0.25, -0.2) is 0 Å². The molecular formula is C12H17F2NO3S. The number of amides is 1. The molecule has 1 aromatic heterocycles. The third-order valence-corrected chi connectivity index (χ3v) is 3.58. The first kappa shape index (κ1) is 15.8. The van der Waals surface area contributed by atoms with E-state index in [1.807, 2.05) is 6.92 Å². The fraction of sp³-hybridized carbons (Fsp3) is 0.583. The van der Waals surface area contributed by atoms with Gasteiger partial charge in [-0.05, 0) is 25.8 Å². The first-order chi connectivity index (χ1) is 8.97. The van der Waals surface area contributed by atoms with Gasteiger partial charge in [0.2, 0.25) is 0 Å². The van der Waals surface area contributed by atoms with Crippen molar-refractivity contribution in [2.75, 3.05) is 6.61 Å². The Hall–Kier alpha value is -1.21. The van der Waals surface area contributed by atoms with Crippen LogP contribution in [-0.4, -0.2) is 30.3 Å². The Morgan fingerprint density at radius 1 is 1.58 bits per heavy atom. The molecule has 1 heterocycles. The number of ether oxygens (including phenoxy) is 1. The van der Waals surface area contributed by atoms with E-state index in [4.69, 9.17) is 5.11 Å². The van der Waals surface area contributed by atoms with Crippen molar-refractivity contribution in [3.63, 3.8) is 0 Å². The largest absolute Gasteiger partial charge is 0.433 e. The fourth-order valence-electron chi connectivity index (χ4n) is 1.62. The molecule has 1 atom stereocenters. The number of aliphatic hydroxyl groups excluding tert-OH is 1. The molecule has 1 rings (SSSR count). The number of aliphatic hydroxyl groups is 1. The lowest BCUT2D eigenvalue weighted by Crippen LogP contribution is -2.34. The number of thiophene rings is 1. The summed E-state index contributed by atoms with van der Waals surface area (Å²) in [6, 6.07) is 1.23. The van der Waals surface area contributed by atoms with Crippen LogP contribution in [0.1, 0.15) is 34.3 Å². The van der Waals surface area contributed by atoms with Crippen molar-refractivity contribution >= 4 is 17.2 Å². The van der Waals surface area contributed by atoms with Gasteiger partial charge in [-0.1, -0.05) is 6.92 Å². The molecule has 0 aliphatic rings. The number of carbonyl (C=O) groups is 1. The second-order valence-electron chi connectivity index (χ2n) is 4.02. The monoisotopic (exact) mass is 293 g/mol. The Kier molecular flexibility index (Phi) is 6.17. The van der Waals surface area contributed by atoms with Crippen LogP contribution in [0.2, 0.25) is 0 Å². The van der Waals surface area contributed by atoms with Crippen LogP contribution in [0.5, 0.6) is 5.75 Å². The third-order valence-electron chi connectivity index (χ3n) is 2.55. The van der Waals surface area contributed by atoms with Crippen LogP contribution in [0.15, 0.2) is 6.07 Å². The maximum absolute atomic E-state index is 12.2. The minimum Gasteiger partial charge on any atom is -0.433 e. The Bertz CT molecular complexity index is 423. The lowest BCUT2D eigenvalue weighted by molar-refractivity contribution is -0.0498. The molecule has 0 saturated heterocycles. The molecule has 0 aliphatic heterocycles. The predicted molar refractivity (Wildman–Crippen MR) is 68.9 cm³/mol. The summed E-state index contributed by atoms with van der Waals surface area (Å²) < 4.78 is 28.8. The Balaban J connectivity index is 2.80. The lowest BCUT2D eigenvalue weighted by atomic mass is 10.1. The Morgan fingerprint density at radius 2 is 2.26 bits per heavy atom. The van der Waals surface area contributed by atoms with Crippen molar-refractivity contribution in [3.05, 3.63) is 15.8 Å². The van der Waals surface area contributed by atoms with Crippen LogP contribution >= 0.6 is 11.3 Å². The highest BCUT2D eigenvalue weighted by Crippen LogP contribution is 2.30. The second-order valence-corrected chi connectivity index (χ2v) is 5.28. The molecule has 0 fully saturated rings. The highest BCUT2D eigenvalue weighted by molar-refractivity contribution is 7.14. The zero-order valence-corrected chi connectivity index (χ0v) is 11.6. The van der Waals surface area contributed by atoms with Gasteiger partial charge in [0.1, 0.15) is 10.6 Å². The number of nitrogens with one attached hydrogen (secondary N) is 1. The zero-order chi connectivity index (χ0) is 14.4. The van der Waals surface area contributed by atoms with Crippen molar-refractivity contribution in [3.8, 4) is 5.75 Å². The van der Waals surface area contributed by atoms with E-state index in [2.05, 4.69) is 10.1 Å². The molecule has 19 heavy (non-hydrogen) atoms. The number of hydrogen-bond acceptors (Lipinski definition) is 4. The average Bonchev–Trinajstić information content (AvgIpc) is 2.68. The minimum atomic E-state index is -2.96. The summed E-state index contributed by atoms with van der Waals surface area (Å²) in [6.45, 7) is 0.588. The average molecular weight is 293 g/mol. The number of halogens is 2. The van der Waals surface area contributed by atoms with Gasteiger partial charge in [0.25, 0.3) is 5.91 Å². The molecule has 0 bridgehead atoms. The molecule has 1 unspecified atom stereocenters. The summed E-state index contributed by atoms with van der Waals surface area (Å²) in [5.41, 5.74) is 0. The number of carbonyl (C=O) groups excluding carboxylic acids is 1. The van der Waals surface area contributed by atoms with Crippen molar-refractivity contribution in [2.45, 2.75) is 39.3 Å². The molecule has 0 aromatic carbocycles. The molecule has 7 heteroatoms. The molecule has 0 radical (unpaired) electrons. The van der Waals surface area contributed by atoms with Gasteiger partial charge in [-0.2, -0.15) is 8.78 Å². The van der Waals surface area contributed by atoms with Crippen molar-refractivity contribution in [1.82, 2.24) is 5.32 Å². The van der Waals surface area contributed by atoms with Gasteiger partial charge >= 0.3 is 6.61 Å². The van der Waals surface area contributed by atoms with Crippen LogP contribution in [-0.2, 0) is 0 Å². The smallest absolute Gasteiger partial charge is 0.387 e. The summed E-state index contributed by atoms with van der Waals surface area (Å²) in [5.74, 6) is -0.553. The van der Waals surface area contributed by atoms with Gasteiger partial charge in [0, 0.05) is 17.5 Å². The van der Waals surface area contributed by atoms with Gasteiger partial charge in [-0.15, -0.1) is 11.3 Å². The van der Waals surface area contributed by atoms with E-state index in [1.165, 1.54) is 6.07 Å². The van der Waals surface area contributed by atoms with E-state index < -0.39 is 12.5 Å². The Morgan fingerprint density at radius 3 is 2.79 bits per heavy atom. The SMILES string of the molecule is CCC(CCO)NC(=O)c1sc(C)cc1OC(F)F. The molecular weight excluding hydrogens is 276 g/mol. The number of alkyl halides is 2. The summed E-state index contributed by atoms with van der Waals surface area (Å²) in [7, 11) is 0. The third kappa shape index (κ3) is 4.76. The Labute approximate surface area is 114 Å². The highest BCUT2D eigenvalue weighted by Gasteiger charge is 2.21. The molecule has 0 aliphatic carbocycles. The molecule has 0 saturated carbocycles. The normalized spacial score (nSPS) is 12.5. The summed E-state index contributed by atoms with van der Waals surface area (Å²) in [5, 5.41) is 11.6. The van der Waals surface area contributed by atoms with Gasteiger partial charge in [-0.3, -0.25) is 4.79 Å². The molecule has 108 valence electrons. The van der Waals surface area contributed by atoms with Crippen LogP contribution < -0.4 is 10.1 Å². The van der Waals surface area contributed by atoms with E-state index >= 15 is 0 Å². The van der Waals surface area contributed by atoms with Crippen LogP contribution in [0.4, 0.5) is 8.78 Å². The van der Waals surface area contributed by atoms with E-state index in [9.17, 15) is 13.6 Å². The summed E-state index contributed by atoms with van der Waals surface area (Å²) in [4.78, 5) is 12.8. The second kappa shape index (κ2) is 7.40. The van der Waals surface area contributed by atoms with Gasteiger partial charge < -0.3 is 15.2 Å². The van der Waals surface area contributed by atoms with Crippen LogP contribution in [0.3, 0.4) is 0 Å². The lowest BCUT2D eigenvalue weighted by Gasteiger charge is -2.15. The van der Waals surface area contributed by atoms with Gasteiger partial charge in [0.05, 0.1) is 0 Å². The first-order valence-electron chi connectivity index (χ1n) is 5.94. The topological polar surface area (TPSA) is 58.6 Å². The highest BCUT2D eigenvalue weighted by atomic mass is 32.1. The molecule has 1 aromatic rings. The predicted octanol–water partition coefficient (Wildman–Crippen LogP) is 2.55. The zero-order valence-electron chi connectivity index (χ0n) is 10.8. The first-order valence-corrected chi connectivity index (χ1v) is 6.76. The maximum Gasteiger partial charge on any atom is 0.387 e. The standard InChI is InChI=1S/C12H17F2NO3S/c1-3-8(4-5-16)15-11(17)10-9(18-12(13)14)6-7(2)19-10/h6,8,12,16H,3-5H2,1-2H3,(H,15,17). The number of aryl methyl sites for hydroxylation is 1. The van der Waals surface area contributed by atoms with E-state index in [0.717, 1.165) is 16.2 Å². The van der Waals surface area contributed by atoms with Crippen LogP contribution in [0.25, 0.3) is 0 Å². The molecule has 0 spiro atoms. The number of hydrogen-bond donors (Lipinski definition) is 2. The molecule has 2 N–H and O–H groups in total. The van der Waals surface area contributed by atoms with Crippen molar-refractivity contribution in [1.29, 1.82) is 0 Å². The van der Waals surface area contributed by atoms with Crippen LogP contribution in [0, 0.1) is 6.92 Å². The van der Waals surface area contributed by atoms with Crippen molar-refractivity contribution < 1.29 is 23.4 Å². The maximum atomic E-state index is 12.2. The number of rotatable bonds is 7. The minimum absolute atomic E-state index is 0.0390. The fourth-order valence-corrected chi connectivity index (χ4v) is 2.46. The quantitative estimate of drug-likeness (QED) is 0.812. The van der Waals surface area contributed by atoms with E-state index in [1.54, 1.807) is 6.92 Å². The van der Waals surface area contributed by atoms with Crippen molar-refractivity contribution in [2.24, 2.45) is 0 Å².